The van der Waals surface area contributed by atoms with Gasteiger partial charge in [-0.25, -0.2) is 9.97 Å². The number of carbonyl (C=O) groups excluding carboxylic acids is 1. The monoisotopic (exact) mass is 378 g/mol. The van der Waals surface area contributed by atoms with Crippen LogP contribution < -0.4 is 10.1 Å². The molecule has 136 valence electrons. The van der Waals surface area contributed by atoms with E-state index in [1.807, 2.05) is 30.3 Å². The van der Waals surface area contributed by atoms with Gasteiger partial charge in [0.2, 0.25) is 5.91 Å². The van der Waals surface area contributed by atoms with Gasteiger partial charge in [-0.15, -0.1) is 0 Å². The van der Waals surface area contributed by atoms with Crippen molar-refractivity contribution in [3.63, 3.8) is 0 Å². The zero-order valence-corrected chi connectivity index (χ0v) is 15.8. The quantitative estimate of drug-likeness (QED) is 0.403. The van der Waals surface area contributed by atoms with Crippen LogP contribution in [0.15, 0.2) is 53.8 Å². The van der Waals surface area contributed by atoms with Crippen molar-refractivity contribution >= 4 is 45.3 Å². The van der Waals surface area contributed by atoms with Gasteiger partial charge in [-0.2, -0.15) is 0 Å². The molecule has 0 aliphatic carbocycles. The number of hydrogen-bond acceptors (Lipinski definition) is 5. The van der Waals surface area contributed by atoms with Crippen LogP contribution >= 0.6 is 11.8 Å². The molecule has 0 saturated carbocycles. The average Bonchev–Trinajstić information content (AvgIpc) is 3.05. The van der Waals surface area contributed by atoms with Crippen LogP contribution in [0.4, 0.5) is 5.69 Å². The van der Waals surface area contributed by atoms with Gasteiger partial charge in [0.15, 0.2) is 0 Å². The average molecular weight is 378 g/mol. The number of methoxy groups -OCH3 is 1. The van der Waals surface area contributed by atoms with Gasteiger partial charge in [0.25, 0.3) is 0 Å². The summed E-state index contributed by atoms with van der Waals surface area (Å²) in [6, 6.07) is 13.5. The third kappa shape index (κ3) is 3.46. The highest BCUT2D eigenvalue weighted by molar-refractivity contribution is 8.00. The Morgan fingerprint density at radius 3 is 2.93 bits per heavy atom. The second-order valence-electron chi connectivity index (χ2n) is 6.11. The van der Waals surface area contributed by atoms with E-state index >= 15 is 0 Å². The van der Waals surface area contributed by atoms with Crippen molar-refractivity contribution in [3.8, 4) is 5.75 Å². The molecule has 0 atom stereocenters. The van der Waals surface area contributed by atoms with Gasteiger partial charge < -0.3 is 15.0 Å². The van der Waals surface area contributed by atoms with E-state index in [1.165, 1.54) is 17.3 Å². The van der Waals surface area contributed by atoms with Gasteiger partial charge in [0, 0.05) is 10.9 Å². The van der Waals surface area contributed by atoms with E-state index in [9.17, 15) is 4.79 Å². The Morgan fingerprint density at radius 2 is 2.07 bits per heavy atom. The molecule has 2 heterocycles. The minimum Gasteiger partial charge on any atom is -0.495 e. The number of carbonyl (C=O) groups is 1. The van der Waals surface area contributed by atoms with Crippen LogP contribution in [0, 0.1) is 6.92 Å². The standard InChI is InChI=1S/C20H18N4O2S/c1-12-7-8-14-13(9-12)18-19(24-14)20(22-11-21-18)27-10-17(25)23-15-5-3-4-6-16(15)26-2/h3-9,11,24H,10H2,1-2H3,(H,23,25). The van der Waals surface area contributed by atoms with Gasteiger partial charge in [-0.05, 0) is 31.2 Å². The topological polar surface area (TPSA) is 79.9 Å². The highest BCUT2D eigenvalue weighted by atomic mass is 32.2. The molecular weight excluding hydrogens is 360 g/mol. The summed E-state index contributed by atoms with van der Waals surface area (Å²) in [5.41, 5.74) is 4.56. The van der Waals surface area contributed by atoms with Crippen LogP contribution in [-0.2, 0) is 4.79 Å². The number of nitrogens with zero attached hydrogens (tertiary/aromatic N) is 2. The Hall–Kier alpha value is -3.06. The molecule has 2 aromatic carbocycles. The van der Waals surface area contributed by atoms with Crippen LogP contribution in [0.1, 0.15) is 5.56 Å². The summed E-state index contributed by atoms with van der Waals surface area (Å²) < 4.78 is 5.26. The fraction of sp³-hybridized carbons (Fsp3) is 0.150. The van der Waals surface area contributed by atoms with Gasteiger partial charge in [-0.3, -0.25) is 4.79 Å². The molecule has 2 N–H and O–H groups in total. The van der Waals surface area contributed by atoms with E-state index in [2.05, 4.69) is 39.3 Å². The Bertz CT molecular complexity index is 1140. The fourth-order valence-corrected chi connectivity index (χ4v) is 3.72. The van der Waals surface area contributed by atoms with Gasteiger partial charge in [-0.1, -0.05) is 35.5 Å². The lowest BCUT2D eigenvalue weighted by molar-refractivity contribution is -0.113. The summed E-state index contributed by atoms with van der Waals surface area (Å²) in [5.74, 6) is 0.743. The smallest absolute Gasteiger partial charge is 0.234 e. The van der Waals surface area contributed by atoms with Crippen molar-refractivity contribution in [3.05, 3.63) is 54.4 Å². The van der Waals surface area contributed by atoms with Crippen molar-refractivity contribution < 1.29 is 9.53 Å². The number of benzene rings is 2. The van der Waals surface area contributed by atoms with E-state index < -0.39 is 0 Å². The summed E-state index contributed by atoms with van der Waals surface area (Å²) in [5, 5.41) is 4.69. The molecule has 0 radical (unpaired) electrons. The number of nitrogens with one attached hydrogen (secondary N) is 2. The minimum absolute atomic E-state index is 0.122. The SMILES string of the molecule is COc1ccccc1NC(=O)CSc1ncnc2c1[nH]c1ccc(C)cc12. The van der Waals surface area contributed by atoms with E-state index in [0.29, 0.717) is 11.4 Å². The first-order valence-electron chi connectivity index (χ1n) is 8.44. The zero-order valence-electron chi connectivity index (χ0n) is 14.9. The molecule has 1 amide bonds. The van der Waals surface area contributed by atoms with Crippen LogP contribution in [0.25, 0.3) is 21.9 Å². The maximum atomic E-state index is 12.4. The molecule has 0 saturated heterocycles. The van der Waals surface area contributed by atoms with E-state index in [0.717, 1.165) is 27.0 Å². The Labute approximate surface area is 160 Å². The lowest BCUT2D eigenvalue weighted by atomic mass is 10.2. The molecule has 0 unspecified atom stereocenters. The predicted octanol–water partition coefficient (Wildman–Crippen LogP) is 4.16. The number of fused-ring (bicyclic) bond motifs is 3. The van der Waals surface area contributed by atoms with Crippen molar-refractivity contribution in [1.82, 2.24) is 15.0 Å². The molecule has 4 rings (SSSR count). The molecule has 6 nitrogen and oxygen atoms in total. The number of hydrogen-bond donors (Lipinski definition) is 2. The first-order valence-corrected chi connectivity index (χ1v) is 9.43. The Morgan fingerprint density at radius 1 is 1.22 bits per heavy atom. The Balaban J connectivity index is 1.55. The molecule has 0 spiro atoms. The summed E-state index contributed by atoms with van der Waals surface area (Å²) in [7, 11) is 1.58. The molecule has 4 aromatic rings. The number of H-pyrrole nitrogens is 1. The second-order valence-corrected chi connectivity index (χ2v) is 7.08. The van der Waals surface area contributed by atoms with Crippen molar-refractivity contribution in [1.29, 1.82) is 0 Å². The number of aryl methyl sites for hydroxylation is 1. The maximum Gasteiger partial charge on any atom is 0.234 e. The van der Waals surface area contributed by atoms with E-state index in [-0.39, 0.29) is 11.7 Å². The fourth-order valence-electron chi connectivity index (χ4n) is 2.96. The highest BCUT2D eigenvalue weighted by Gasteiger charge is 2.13. The molecule has 0 aliphatic rings. The van der Waals surface area contributed by atoms with E-state index in [4.69, 9.17) is 4.74 Å². The summed E-state index contributed by atoms with van der Waals surface area (Å²) in [6.45, 7) is 2.05. The van der Waals surface area contributed by atoms with Gasteiger partial charge in [0.05, 0.1) is 24.1 Å². The van der Waals surface area contributed by atoms with Crippen LogP contribution in [-0.4, -0.2) is 33.7 Å². The highest BCUT2D eigenvalue weighted by Crippen LogP contribution is 2.30. The molecular formula is C20H18N4O2S. The lowest BCUT2D eigenvalue weighted by Gasteiger charge is -2.09. The third-order valence-corrected chi connectivity index (χ3v) is 5.21. The van der Waals surface area contributed by atoms with Crippen LogP contribution in [0.2, 0.25) is 0 Å². The first-order chi connectivity index (χ1) is 13.2. The minimum atomic E-state index is -0.122. The first kappa shape index (κ1) is 17.4. The second kappa shape index (κ2) is 7.28. The molecule has 0 bridgehead atoms. The normalized spacial score (nSPS) is 11.0. The number of rotatable bonds is 5. The number of amides is 1. The molecule has 27 heavy (non-hydrogen) atoms. The van der Waals surface area contributed by atoms with Crippen LogP contribution in [0.5, 0.6) is 5.75 Å². The lowest BCUT2D eigenvalue weighted by Crippen LogP contribution is -2.14. The summed E-state index contributed by atoms with van der Waals surface area (Å²) >= 11 is 1.37. The molecule has 7 heteroatoms. The predicted molar refractivity (Wildman–Crippen MR) is 108 cm³/mol. The van der Waals surface area contributed by atoms with Gasteiger partial charge >= 0.3 is 0 Å². The van der Waals surface area contributed by atoms with Crippen molar-refractivity contribution in [2.75, 3.05) is 18.2 Å². The largest absolute Gasteiger partial charge is 0.495 e. The molecule has 2 aromatic heterocycles. The van der Waals surface area contributed by atoms with E-state index in [1.54, 1.807) is 13.4 Å². The van der Waals surface area contributed by atoms with Crippen molar-refractivity contribution in [2.45, 2.75) is 11.9 Å². The molecule has 0 aliphatic heterocycles. The Kier molecular flexibility index (Phi) is 4.68. The summed E-state index contributed by atoms with van der Waals surface area (Å²) in [4.78, 5) is 24.5. The van der Waals surface area contributed by atoms with Crippen LogP contribution in [0.3, 0.4) is 0 Å². The summed E-state index contributed by atoms with van der Waals surface area (Å²) in [6.07, 6.45) is 1.54. The zero-order chi connectivity index (χ0) is 18.8. The number of anilines is 1. The number of aromatic nitrogens is 3. The van der Waals surface area contributed by atoms with Gasteiger partial charge in [0.1, 0.15) is 22.6 Å². The maximum absolute atomic E-state index is 12.4. The number of para-hydroxylation sites is 2. The number of thioether (sulfide) groups is 1. The number of aromatic amines is 1. The third-order valence-electron chi connectivity index (χ3n) is 4.22. The number of ether oxygens (including phenoxy) is 1. The van der Waals surface area contributed by atoms with Crippen molar-refractivity contribution in [2.24, 2.45) is 0 Å². The molecule has 0 fully saturated rings.